The number of halogens is 1. The monoisotopic (exact) mass is 469 g/mol. The Kier molecular flexibility index (Phi) is 5.50. The van der Waals surface area contributed by atoms with Crippen LogP contribution in [-0.4, -0.2) is 26.9 Å². The van der Waals surface area contributed by atoms with Gasteiger partial charge in [0.25, 0.3) is 0 Å². The summed E-state index contributed by atoms with van der Waals surface area (Å²) < 4.78 is 7.03. The van der Waals surface area contributed by atoms with Gasteiger partial charge in [-0.25, -0.2) is 0 Å². The van der Waals surface area contributed by atoms with Crippen LogP contribution in [0.15, 0.2) is 64.7 Å². The average molecular weight is 470 g/mol. The largest absolute Gasteiger partial charge is 0.545 e. The first-order valence-corrected chi connectivity index (χ1v) is 10.4. The maximum absolute atomic E-state index is 11.0. The van der Waals surface area contributed by atoms with Crippen LogP contribution in [0.25, 0.3) is 11.3 Å². The number of hydrogen-bond acceptors (Lipinski definition) is 8. The van der Waals surface area contributed by atoms with Crippen molar-refractivity contribution in [3.05, 3.63) is 70.7 Å². The molecule has 1 aromatic heterocycles. The maximum Gasteiger partial charge on any atom is 0.247 e. The van der Waals surface area contributed by atoms with E-state index in [0.29, 0.717) is 22.5 Å². The zero-order valence-electron chi connectivity index (χ0n) is 15.0. The van der Waals surface area contributed by atoms with Gasteiger partial charge in [-0.3, -0.25) is 0 Å². The second-order valence-electron chi connectivity index (χ2n) is 6.09. The number of carbonyl (C=O) groups is 1. The number of benzene rings is 2. The molecule has 1 atom stereocenters. The predicted octanol–water partition coefficient (Wildman–Crippen LogP) is 3.45. The van der Waals surface area contributed by atoms with E-state index in [2.05, 4.69) is 43.0 Å². The van der Waals surface area contributed by atoms with Gasteiger partial charge in [-0.05, 0) is 23.8 Å². The summed E-state index contributed by atoms with van der Waals surface area (Å²) in [6.45, 7) is 3.70. The molecule has 0 saturated heterocycles. The van der Waals surface area contributed by atoms with Crippen LogP contribution in [0, 0.1) is 0 Å². The molecule has 1 N–H and O–H groups in total. The Hall–Kier alpha value is -2.91. The first kappa shape index (κ1) is 19.4. The average Bonchev–Trinajstić information content (AvgIpc) is 2.88. The second kappa shape index (κ2) is 8.22. The molecule has 1 aliphatic rings. The topological polar surface area (TPSA) is 100 Å². The molecule has 3 aromatic rings. The van der Waals surface area contributed by atoms with Crippen LogP contribution in [0.1, 0.15) is 22.1 Å². The highest BCUT2D eigenvalue weighted by Gasteiger charge is 2.26. The van der Waals surface area contributed by atoms with Gasteiger partial charge in [-0.15, -0.1) is 16.8 Å². The summed E-state index contributed by atoms with van der Waals surface area (Å²) in [6.07, 6.45) is 1.16. The smallest absolute Gasteiger partial charge is 0.247 e. The first-order chi connectivity index (χ1) is 14.0. The quantitative estimate of drug-likeness (QED) is 0.447. The fourth-order valence-corrected chi connectivity index (χ4v) is 3.68. The van der Waals surface area contributed by atoms with Crippen molar-refractivity contribution in [2.45, 2.75) is 11.4 Å². The number of carbonyl (C=O) groups excluding carboxylic acids is 1. The lowest BCUT2D eigenvalue weighted by Gasteiger charge is -2.19. The molecule has 0 aliphatic carbocycles. The number of rotatable bonds is 5. The fourth-order valence-electron chi connectivity index (χ4n) is 2.81. The highest BCUT2D eigenvalue weighted by atomic mass is 79.9. The van der Waals surface area contributed by atoms with Crippen LogP contribution in [0.4, 0.5) is 5.69 Å². The fraction of sp³-hybridized carbons (Fsp3) is 0.100. The Morgan fingerprint density at radius 2 is 2.07 bits per heavy atom. The molecule has 2 aromatic carbocycles. The van der Waals surface area contributed by atoms with E-state index in [1.807, 2.05) is 18.2 Å². The molecule has 7 nitrogen and oxygen atoms in total. The van der Waals surface area contributed by atoms with Crippen molar-refractivity contribution in [2.24, 2.45) is 0 Å². The minimum Gasteiger partial charge on any atom is -0.545 e. The Morgan fingerprint density at radius 1 is 1.28 bits per heavy atom. The van der Waals surface area contributed by atoms with Gasteiger partial charge in [0.1, 0.15) is 0 Å². The number of hydrogen-bond donors (Lipinski definition) is 1. The number of ether oxygens (including phenoxy) is 1. The molecule has 1 aliphatic heterocycles. The minimum absolute atomic E-state index is 0.0965. The molecule has 146 valence electrons. The SMILES string of the molecule is C=CCSc1nnc2c(n1)O[C@H](c1ccc(C(=O)[O-])cc1)Nc1ccc(Br)cc1-2. The van der Waals surface area contributed by atoms with Crippen molar-refractivity contribution in [1.29, 1.82) is 0 Å². The molecule has 0 unspecified atom stereocenters. The van der Waals surface area contributed by atoms with Gasteiger partial charge in [0.2, 0.25) is 11.0 Å². The van der Waals surface area contributed by atoms with E-state index in [0.717, 1.165) is 21.3 Å². The Morgan fingerprint density at radius 3 is 2.79 bits per heavy atom. The third kappa shape index (κ3) is 4.10. The molecule has 0 spiro atoms. The number of aromatic nitrogens is 3. The van der Waals surface area contributed by atoms with E-state index < -0.39 is 12.2 Å². The van der Waals surface area contributed by atoms with Gasteiger partial charge in [0.15, 0.2) is 11.9 Å². The van der Waals surface area contributed by atoms with E-state index in [1.165, 1.54) is 23.9 Å². The molecular formula is C20H14BrN4O3S-. The molecule has 0 fully saturated rings. The second-order valence-corrected chi connectivity index (χ2v) is 7.99. The van der Waals surface area contributed by atoms with Crippen molar-refractivity contribution in [3.63, 3.8) is 0 Å². The third-order valence-corrected chi connectivity index (χ3v) is 5.49. The number of carboxylic acid groups (broad SMARTS) is 1. The zero-order valence-corrected chi connectivity index (χ0v) is 17.4. The van der Waals surface area contributed by atoms with E-state index >= 15 is 0 Å². The van der Waals surface area contributed by atoms with Crippen molar-refractivity contribution >= 4 is 39.3 Å². The summed E-state index contributed by atoms with van der Waals surface area (Å²) in [7, 11) is 0. The van der Waals surface area contributed by atoms with Gasteiger partial charge < -0.3 is 20.0 Å². The van der Waals surface area contributed by atoms with Crippen molar-refractivity contribution < 1.29 is 14.6 Å². The van der Waals surface area contributed by atoms with Crippen LogP contribution in [0.2, 0.25) is 0 Å². The predicted molar refractivity (Wildman–Crippen MR) is 112 cm³/mol. The molecule has 0 amide bonds. The number of nitrogens with zero attached hydrogens (tertiary/aromatic N) is 3. The van der Waals surface area contributed by atoms with Crippen molar-refractivity contribution in [2.75, 3.05) is 11.1 Å². The lowest BCUT2D eigenvalue weighted by molar-refractivity contribution is -0.255. The van der Waals surface area contributed by atoms with E-state index in [9.17, 15) is 9.90 Å². The molecular weight excluding hydrogens is 456 g/mol. The van der Waals surface area contributed by atoms with Crippen molar-refractivity contribution in [1.82, 2.24) is 15.2 Å². The normalized spacial score (nSPS) is 14.6. The third-order valence-electron chi connectivity index (χ3n) is 4.17. The molecule has 0 saturated carbocycles. The first-order valence-electron chi connectivity index (χ1n) is 8.58. The molecule has 29 heavy (non-hydrogen) atoms. The number of fused-ring (bicyclic) bond motifs is 3. The molecule has 9 heteroatoms. The van der Waals surface area contributed by atoms with E-state index in [4.69, 9.17) is 4.74 Å². The minimum atomic E-state index is -1.23. The van der Waals surface area contributed by atoms with Crippen LogP contribution >= 0.6 is 27.7 Å². The number of aromatic carboxylic acids is 1. The highest BCUT2D eigenvalue weighted by Crippen LogP contribution is 2.40. The Bertz CT molecular complexity index is 1090. The molecule has 4 rings (SSSR count). The van der Waals surface area contributed by atoms with Crippen LogP contribution in [0.5, 0.6) is 5.88 Å². The van der Waals surface area contributed by atoms with Crippen molar-refractivity contribution in [3.8, 4) is 17.1 Å². The number of anilines is 1. The zero-order chi connectivity index (χ0) is 20.4. The van der Waals surface area contributed by atoms with Crippen LogP contribution in [0.3, 0.4) is 0 Å². The number of thioether (sulfide) groups is 1. The number of carboxylic acids is 1. The van der Waals surface area contributed by atoms with E-state index in [-0.39, 0.29) is 5.56 Å². The molecule has 0 bridgehead atoms. The highest BCUT2D eigenvalue weighted by molar-refractivity contribution is 9.10. The Balaban J connectivity index is 1.78. The Labute approximate surface area is 179 Å². The lowest BCUT2D eigenvalue weighted by atomic mass is 10.1. The standard InChI is InChI=1S/C20H15BrN4O3S/c1-2-9-29-20-23-18-16(24-25-20)14-10-13(21)7-8-15(14)22-17(28-18)11-3-5-12(6-4-11)19(26)27/h2-8,10,17,22H,1,9H2,(H,26,27)/p-1/t17-/m1/s1. The summed E-state index contributed by atoms with van der Waals surface area (Å²) >= 11 is 4.89. The van der Waals surface area contributed by atoms with Gasteiger partial charge >= 0.3 is 0 Å². The van der Waals surface area contributed by atoms with Gasteiger partial charge in [0.05, 0.1) is 5.97 Å². The van der Waals surface area contributed by atoms with Gasteiger partial charge in [0, 0.05) is 27.0 Å². The lowest BCUT2D eigenvalue weighted by Crippen LogP contribution is -2.22. The summed E-state index contributed by atoms with van der Waals surface area (Å²) in [5.41, 5.74) is 2.94. The summed E-state index contributed by atoms with van der Waals surface area (Å²) in [4.78, 5) is 15.6. The molecule has 2 heterocycles. The number of nitrogens with one attached hydrogen (secondary N) is 1. The summed E-state index contributed by atoms with van der Waals surface area (Å²) in [5, 5.41) is 23.4. The van der Waals surface area contributed by atoms with Crippen LogP contribution in [-0.2, 0) is 0 Å². The summed E-state index contributed by atoms with van der Waals surface area (Å²) in [6, 6.07) is 12.0. The van der Waals surface area contributed by atoms with Crippen LogP contribution < -0.4 is 15.2 Å². The van der Waals surface area contributed by atoms with E-state index in [1.54, 1.807) is 18.2 Å². The summed E-state index contributed by atoms with van der Waals surface area (Å²) in [5.74, 6) is -0.243. The maximum atomic E-state index is 11.0. The van der Waals surface area contributed by atoms with Gasteiger partial charge in [-0.1, -0.05) is 58.0 Å². The van der Waals surface area contributed by atoms with Gasteiger partial charge in [-0.2, -0.15) is 4.98 Å². The molecule has 0 radical (unpaired) electrons.